The second kappa shape index (κ2) is 5.59. The van der Waals surface area contributed by atoms with Crippen molar-refractivity contribution in [2.45, 2.75) is 36.8 Å². The van der Waals surface area contributed by atoms with Crippen LogP contribution < -0.4 is 5.73 Å². The molecule has 2 rings (SSSR count). The highest BCUT2D eigenvalue weighted by Crippen LogP contribution is 2.29. The molecule has 0 amide bonds. The highest BCUT2D eigenvalue weighted by Gasteiger charge is 2.29. The van der Waals surface area contributed by atoms with Crippen LogP contribution in [0.1, 0.15) is 32.6 Å². The van der Waals surface area contributed by atoms with Gasteiger partial charge in [0.25, 0.3) is 10.0 Å². The summed E-state index contributed by atoms with van der Waals surface area (Å²) in [5.41, 5.74) is 6.12. The van der Waals surface area contributed by atoms with Gasteiger partial charge in [-0.3, -0.25) is 0 Å². The van der Waals surface area contributed by atoms with E-state index >= 15 is 0 Å². The van der Waals surface area contributed by atoms with Crippen molar-refractivity contribution < 1.29 is 8.42 Å². The molecule has 0 atom stereocenters. The van der Waals surface area contributed by atoms with Gasteiger partial charge in [-0.2, -0.15) is 4.31 Å². The molecule has 2 heterocycles. The van der Waals surface area contributed by atoms with E-state index in [0.29, 0.717) is 28.9 Å². The lowest BCUT2D eigenvalue weighted by atomic mass is 9.94. The third-order valence-electron chi connectivity index (χ3n) is 3.46. The summed E-state index contributed by atoms with van der Waals surface area (Å²) in [6.07, 6.45) is 4.35. The van der Waals surface area contributed by atoms with Gasteiger partial charge in [-0.25, -0.2) is 8.42 Å². The maximum Gasteiger partial charge on any atom is 0.252 e. The predicted molar refractivity (Wildman–Crippen MR) is 75.1 cm³/mol. The third-order valence-corrected chi connectivity index (χ3v) is 6.79. The van der Waals surface area contributed by atoms with Crippen molar-refractivity contribution in [3.8, 4) is 0 Å². The molecule has 0 unspecified atom stereocenters. The van der Waals surface area contributed by atoms with Gasteiger partial charge in [-0.05, 0) is 24.8 Å². The number of nitrogen functional groups attached to an aromatic ring is 1. The third kappa shape index (κ3) is 2.87. The smallest absolute Gasteiger partial charge is 0.252 e. The first-order valence-electron chi connectivity index (χ1n) is 6.38. The molecule has 102 valence electrons. The van der Waals surface area contributed by atoms with Gasteiger partial charge in [-0.15, -0.1) is 11.3 Å². The topological polar surface area (TPSA) is 63.4 Å². The Balaban J connectivity index is 2.05. The molecule has 0 saturated carbocycles. The van der Waals surface area contributed by atoms with Crippen LogP contribution in [-0.2, 0) is 10.0 Å². The lowest BCUT2D eigenvalue weighted by Gasteiger charge is -2.30. The molecule has 1 fully saturated rings. The number of sulfonamides is 1. The number of nitrogens with two attached hydrogens (primary N) is 1. The van der Waals surface area contributed by atoms with Crippen LogP contribution in [0, 0.1) is 5.92 Å². The fraction of sp³-hybridized carbons (Fsp3) is 0.667. The highest BCUT2D eigenvalue weighted by molar-refractivity contribution is 7.91. The summed E-state index contributed by atoms with van der Waals surface area (Å²) in [6.45, 7) is 3.47. The summed E-state index contributed by atoms with van der Waals surface area (Å²) >= 11 is 1.21. The van der Waals surface area contributed by atoms with Gasteiger partial charge in [0.15, 0.2) is 0 Å². The van der Waals surface area contributed by atoms with Gasteiger partial charge in [0.1, 0.15) is 4.21 Å². The summed E-state index contributed by atoms with van der Waals surface area (Å²) < 4.78 is 26.7. The predicted octanol–water partition coefficient (Wildman–Crippen LogP) is 2.53. The zero-order valence-corrected chi connectivity index (χ0v) is 12.3. The quantitative estimate of drug-likeness (QED) is 0.926. The van der Waals surface area contributed by atoms with Gasteiger partial charge in [0.05, 0.1) is 0 Å². The Morgan fingerprint density at radius 3 is 2.61 bits per heavy atom. The van der Waals surface area contributed by atoms with Crippen molar-refractivity contribution in [2.24, 2.45) is 5.92 Å². The lowest BCUT2D eigenvalue weighted by molar-refractivity contribution is 0.263. The molecule has 0 aliphatic carbocycles. The Hall–Kier alpha value is -0.590. The molecule has 0 aromatic carbocycles. The summed E-state index contributed by atoms with van der Waals surface area (Å²) in [4.78, 5) is 0. The lowest BCUT2D eigenvalue weighted by Crippen LogP contribution is -2.38. The number of rotatable bonds is 4. The Morgan fingerprint density at radius 1 is 1.44 bits per heavy atom. The van der Waals surface area contributed by atoms with Gasteiger partial charge in [0, 0.05) is 24.2 Å². The summed E-state index contributed by atoms with van der Waals surface area (Å²) in [5, 5.41) is 1.68. The number of hydrogen-bond donors (Lipinski definition) is 1. The van der Waals surface area contributed by atoms with E-state index in [-0.39, 0.29) is 0 Å². The van der Waals surface area contributed by atoms with Gasteiger partial charge in [0.2, 0.25) is 0 Å². The number of piperidine rings is 1. The van der Waals surface area contributed by atoms with E-state index in [1.807, 2.05) is 0 Å². The van der Waals surface area contributed by atoms with Gasteiger partial charge < -0.3 is 5.73 Å². The second-order valence-electron chi connectivity index (χ2n) is 4.84. The Labute approximate surface area is 113 Å². The zero-order chi connectivity index (χ0) is 13.2. The number of nitrogens with zero attached hydrogens (tertiary/aromatic N) is 1. The van der Waals surface area contributed by atoms with Crippen molar-refractivity contribution in [3.05, 3.63) is 11.4 Å². The molecule has 0 spiro atoms. The van der Waals surface area contributed by atoms with Crippen LogP contribution in [0.5, 0.6) is 0 Å². The van der Waals surface area contributed by atoms with E-state index in [1.165, 1.54) is 24.2 Å². The molecule has 6 heteroatoms. The van der Waals surface area contributed by atoms with Crippen molar-refractivity contribution in [1.29, 1.82) is 0 Å². The summed E-state index contributed by atoms with van der Waals surface area (Å²) in [5.74, 6) is 0.690. The minimum atomic E-state index is -3.31. The first-order chi connectivity index (χ1) is 8.54. The number of thiophene rings is 1. The first kappa shape index (κ1) is 13.8. The van der Waals surface area contributed by atoms with Crippen LogP contribution in [0.15, 0.2) is 15.7 Å². The van der Waals surface area contributed by atoms with Crippen LogP contribution >= 0.6 is 11.3 Å². The Kier molecular flexibility index (Phi) is 4.29. The van der Waals surface area contributed by atoms with Gasteiger partial charge in [-0.1, -0.05) is 19.8 Å². The van der Waals surface area contributed by atoms with E-state index < -0.39 is 10.0 Å². The minimum Gasteiger partial charge on any atom is -0.398 e. The average molecular weight is 288 g/mol. The van der Waals surface area contributed by atoms with Crippen LogP contribution in [0.4, 0.5) is 5.69 Å². The zero-order valence-electron chi connectivity index (χ0n) is 10.6. The molecular weight excluding hydrogens is 268 g/mol. The van der Waals surface area contributed by atoms with Crippen molar-refractivity contribution in [2.75, 3.05) is 18.8 Å². The first-order valence-corrected chi connectivity index (χ1v) is 8.70. The van der Waals surface area contributed by atoms with Crippen LogP contribution in [0.2, 0.25) is 0 Å². The molecule has 1 aliphatic heterocycles. The number of hydrogen-bond acceptors (Lipinski definition) is 4. The van der Waals surface area contributed by atoms with Crippen molar-refractivity contribution >= 4 is 27.0 Å². The van der Waals surface area contributed by atoms with E-state index in [2.05, 4.69) is 6.92 Å². The largest absolute Gasteiger partial charge is 0.398 e. The van der Waals surface area contributed by atoms with E-state index in [9.17, 15) is 8.42 Å². The Bertz CT molecular complexity index is 488. The maximum absolute atomic E-state index is 12.3. The molecule has 0 radical (unpaired) electrons. The highest BCUT2D eigenvalue weighted by atomic mass is 32.2. The van der Waals surface area contributed by atoms with E-state index in [1.54, 1.807) is 15.8 Å². The summed E-state index contributed by atoms with van der Waals surface area (Å²) in [6, 6.07) is 1.55. The molecule has 1 aromatic heterocycles. The molecular formula is C12H20N2O2S2. The summed E-state index contributed by atoms with van der Waals surface area (Å²) in [7, 11) is -3.31. The molecule has 0 bridgehead atoms. The molecule has 18 heavy (non-hydrogen) atoms. The van der Waals surface area contributed by atoms with Crippen LogP contribution in [0.3, 0.4) is 0 Å². The fourth-order valence-electron chi connectivity index (χ4n) is 2.44. The van der Waals surface area contributed by atoms with Crippen molar-refractivity contribution in [1.82, 2.24) is 4.31 Å². The monoisotopic (exact) mass is 288 g/mol. The van der Waals surface area contributed by atoms with Gasteiger partial charge >= 0.3 is 0 Å². The molecule has 2 N–H and O–H groups in total. The SMILES string of the molecule is CCCC1CCN(S(=O)(=O)c2cc(N)cs2)CC1. The van der Waals surface area contributed by atoms with Crippen molar-refractivity contribution in [3.63, 3.8) is 0 Å². The van der Waals surface area contributed by atoms with E-state index in [4.69, 9.17) is 5.73 Å². The molecule has 1 saturated heterocycles. The standard InChI is InChI=1S/C12H20N2O2S2/c1-2-3-10-4-6-14(7-5-10)18(15,16)12-8-11(13)9-17-12/h8-10H,2-7,13H2,1H3. The average Bonchev–Trinajstić information content (AvgIpc) is 2.78. The Morgan fingerprint density at radius 2 is 2.11 bits per heavy atom. The second-order valence-corrected chi connectivity index (χ2v) is 7.91. The van der Waals surface area contributed by atoms with Crippen LogP contribution in [-0.4, -0.2) is 25.8 Å². The fourth-order valence-corrected chi connectivity index (χ4v) is 5.14. The normalized spacial score (nSPS) is 19.2. The molecule has 1 aliphatic rings. The van der Waals surface area contributed by atoms with E-state index in [0.717, 1.165) is 12.8 Å². The maximum atomic E-state index is 12.3. The molecule has 1 aromatic rings. The minimum absolute atomic E-state index is 0.369. The van der Waals surface area contributed by atoms with Crippen LogP contribution in [0.25, 0.3) is 0 Å². The number of anilines is 1. The molecule has 4 nitrogen and oxygen atoms in total.